The maximum absolute atomic E-state index is 13.1. The van der Waals surface area contributed by atoms with Gasteiger partial charge in [-0.3, -0.25) is 9.59 Å². The molecule has 1 amide bonds. The van der Waals surface area contributed by atoms with Gasteiger partial charge < -0.3 is 9.88 Å². The zero-order chi connectivity index (χ0) is 18.1. The van der Waals surface area contributed by atoms with E-state index < -0.39 is 17.2 Å². The number of hydrogen-bond acceptors (Lipinski definition) is 3. The highest BCUT2D eigenvalue weighted by Crippen LogP contribution is 2.23. The number of carbonyl (C=O) groups excluding carboxylic acids is 1. The van der Waals surface area contributed by atoms with Gasteiger partial charge in [-0.05, 0) is 44.2 Å². The van der Waals surface area contributed by atoms with Gasteiger partial charge in [-0.2, -0.15) is 0 Å². The third-order valence-corrected chi connectivity index (χ3v) is 4.14. The minimum Gasteiger partial charge on any atom is -0.332 e. The Labute approximate surface area is 148 Å². The second-order valence-corrected chi connectivity index (χ2v) is 5.97. The molecule has 5 nitrogen and oxygen atoms in total. The molecule has 1 aromatic carbocycles. The highest BCUT2D eigenvalue weighted by atomic mass is 35.5. The average Bonchev–Trinajstić information content (AvgIpc) is 2.57. The van der Waals surface area contributed by atoms with Crippen LogP contribution in [0.15, 0.2) is 41.3 Å². The number of amides is 1. The molecule has 0 fully saturated rings. The van der Waals surface area contributed by atoms with Crippen molar-refractivity contribution in [2.24, 2.45) is 0 Å². The Hall–Kier alpha value is -2.73. The molecule has 0 radical (unpaired) electrons. The largest absolute Gasteiger partial charge is 0.332 e. The van der Waals surface area contributed by atoms with E-state index in [-0.39, 0.29) is 16.3 Å². The number of fused-ring (bicyclic) bond motifs is 1. The number of pyridine rings is 2. The van der Waals surface area contributed by atoms with Crippen molar-refractivity contribution >= 4 is 34.2 Å². The molecule has 1 N–H and O–H groups in total. The first kappa shape index (κ1) is 17.1. The van der Waals surface area contributed by atoms with E-state index >= 15 is 0 Å². The summed E-state index contributed by atoms with van der Waals surface area (Å²) in [5.41, 5.74) is 1.11. The van der Waals surface area contributed by atoms with Crippen molar-refractivity contribution < 1.29 is 9.18 Å². The van der Waals surface area contributed by atoms with Gasteiger partial charge in [-0.15, -0.1) is 0 Å². The molecule has 0 unspecified atom stereocenters. The number of nitrogens with one attached hydrogen (secondary N) is 1. The molecule has 0 saturated heterocycles. The van der Waals surface area contributed by atoms with Crippen molar-refractivity contribution in [1.82, 2.24) is 9.55 Å². The Balaban J connectivity index is 2.08. The fourth-order valence-corrected chi connectivity index (χ4v) is 2.76. The lowest BCUT2D eigenvalue weighted by Crippen LogP contribution is -2.24. The van der Waals surface area contributed by atoms with Crippen LogP contribution in [0, 0.1) is 12.7 Å². The molecule has 0 aliphatic carbocycles. The van der Waals surface area contributed by atoms with Crippen LogP contribution >= 0.6 is 11.6 Å². The zero-order valence-corrected chi connectivity index (χ0v) is 14.4. The van der Waals surface area contributed by atoms with Crippen LogP contribution in [0.4, 0.5) is 10.1 Å². The summed E-state index contributed by atoms with van der Waals surface area (Å²) in [6.45, 7) is 4.28. The van der Waals surface area contributed by atoms with Crippen LogP contribution in [0.1, 0.15) is 23.0 Å². The van der Waals surface area contributed by atoms with E-state index in [1.165, 1.54) is 18.3 Å². The SMILES string of the molecule is CCn1cc(C(=O)Nc2ccc(F)cc2Cl)c(=O)c2ccc(C)nc21. The van der Waals surface area contributed by atoms with Gasteiger partial charge in [0.2, 0.25) is 5.43 Å². The zero-order valence-electron chi connectivity index (χ0n) is 13.6. The molecule has 7 heteroatoms. The molecule has 25 heavy (non-hydrogen) atoms. The van der Waals surface area contributed by atoms with Crippen molar-refractivity contribution in [2.75, 3.05) is 5.32 Å². The maximum atomic E-state index is 13.1. The second kappa shape index (κ2) is 6.64. The van der Waals surface area contributed by atoms with Gasteiger partial charge in [0.1, 0.15) is 17.0 Å². The van der Waals surface area contributed by atoms with E-state index in [4.69, 9.17) is 11.6 Å². The van der Waals surface area contributed by atoms with Crippen LogP contribution in [0.3, 0.4) is 0 Å². The normalized spacial score (nSPS) is 10.9. The van der Waals surface area contributed by atoms with E-state index in [2.05, 4.69) is 10.3 Å². The Kier molecular flexibility index (Phi) is 4.55. The number of halogens is 2. The summed E-state index contributed by atoms with van der Waals surface area (Å²) in [5, 5.41) is 2.97. The smallest absolute Gasteiger partial charge is 0.261 e. The average molecular weight is 360 g/mol. The van der Waals surface area contributed by atoms with Gasteiger partial charge in [0.15, 0.2) is 0 Å². The number of aryl methyl sites for hydroxylation is 2. The van der Waals surface area contributed by atoms with Gasteiger partial charge >= 0.3 is 0 Å². The minimum atomic E-state index is -0.608. The number of rotatable bonds is 3. The highest BCUT2D eigenvalue weighted by Gasteiger charge is 2.17. The van der Waals surface area contributed by atoms with Crippen LogP contribution in [0.2, 0.25) is 5.02 Å². The minimum absolute atomic E-state index is 0.0274. The van der Waals surface area contributed by atoms with Crippen molar-refractivity contribution in [1.29, 1.82) is 0 Å². The molecule has 0 atom stereocenters. The summed E-state index contributed by atoms with van der Waals surface area (Å²) in [6.07, 6.45) is 1.48. The Bertz CT molecular complexity index is 1050. The highest BCUT2D eigenvalue weighted by molar-refractivity contribution is 6.33. The molecule has 0 aliphatic heterocycles. The van der Waals surface area contributed by atoms with Crippen molar-refractivity contribution in [3.63, 3.8) is 0 Å². The van der Waals surface area contributed by atoms with E-state index in [9.17, 15) is 14.0 Å². The summed E-state index contributed by atoms with van der Waals surface area (Å²) in [5.74, 6) is -1.12. The molecular weight excluding hydrogens is 345 g/mol. The molecule has 0 spiro atoms. The number of anilines is 1. The molecule has 2 aromatic heterocycles. The summed E-state index contributed by atoms with van der Waals surface area (Å²) >= 11 is 5.92. The number of carbonyl (C=O) groups is 1. The topological polar surface area (TPSA) is 64.0 Å². The first-order valence-corrected chi connectivity index (χ1v) is 8.05. The Morgan fingerprint density at radius 1 is 1.32 bits per heavy atom. The van der Waals surface area contributed by atoms with Crippen LogP contribution in [0.25, 0.3) is 11.0 Å². The molecular formula is C18H15ClFN3O2. The summed E-state index contributed by atoms with van der Waals surface area (Å²) in [6, 6.07) is 7.00. The third-order valence-electron chi connectivity index (χ3n) is 3.83. The summed E-state index contributed by atoms with van der Waals surface area (Å²) < 4.78 is 14.9. The Morgan fingerprint density at radius 3 is 2.76 bits per heavy atom. The van der Waals surface area contributed by atoms with Crippen LogP contribution in [0.5, 0.6) is 0 Å². The van der Waals surface area contributed by atoms with Crippen molar-refractivity contribution in [2.45, 2.75) is 20.4 Å². The van der Waals surface area contributed by atoms with E-state index in [0.29, 0.717) is 17.6 Å². The van der Waals surface area contributed by atoms with E-state index in [0.717, 1.165) is 11.8 Å². The van der Waals surface area contributed by atoms with Crippen molar-refractivity contribution in [3.8, 4) is 0 Å². The molecule has 0 saturated carbocycles. The van der Waals surface area contributed by atoms with Gasteiger partial charge in [0, 0.05) is 18.4 Å². The van der Waals surface area contributed by atoms with Crippen LogP contribution in [-0.4, -0.2) is 15.5 Å². The number of aromatic nitrogens is 2. The third kappa shape index (κ3) is 3.25. The number of hydrogen-bond donors (Lipinski definition) is 1. The fraction of sp³-hybridized carbons (Fsp3) is 0.167. The van der Waals surface area contributed by atoms with Crippen LogP contribution in [-0.2, 0) is 6.54 Å². The lowest BCUT2D eigenvalue weighted by Gasteiger charge is -2.12. The molecule has 3 aromatic rings. The first-order chi connectivity index (χ1) is 11.9. The standard InChI is InChI=1S/C18H15ClFN3O2/c1-3-23-9-13(16(24)12-6-4-10(2)21-17(12)23)18(25)22-15-7-5-11(20)8-14(15)19/h4-9H,3H2,1-2H3,(H,22,25). The van der Waals surface area contributed by atoms with E-state index in [1.54, 1.807) is 16.7 Å². The second-order valence-electron chi connectivity index (χ2n) is 5.56. The predicted octanol–water partition coefficient (Wildman–Crippen LogP) is 3.77. The first-order valence-electron chi connectivity index (χ1n) is 7.68. The quantitative estimate of drug-likeness (QED) is 0.774. The fourth-order valence-electron chi connectivity index (χ4n) is 2.54. The monoisotopic (exact) mass is 359 g/mol. The van der Waals surface area contributed by atoms with Gasteiger partial charge in [-0.1, -0.05) is 11.6 Å². The van der Waals surface area contributed by atoms with Gasteiger partial charge in [0.25, 0.3) is 5.91 Å². The maximum Gasteiger partial charge on any atom is 0.261 e. The molecule has 128 valence electrons. The van der Waals surface area contributed by atoms with E-state index in [1.807, 2.05) is 13.8 Å². The molecule has 0 bridgehead atoms. The van der Waals surface area contributed by atoms with Gasteiger partial charge in [0.05, 0.1) is 16.1 Å². The number of benzene rings is 1. The lowest BCUT2D eigenvalue weighted by atomic mass is 10.1. The lowest BCUT2D eigenvalue weighted by molar-refractivity contribution is 0.102. The van der Waals surface area contributed by atoms with Crippen molar-refractivity contribution in [3.05, 3.63) is 68.8 Å². The predicted molar refractivity (Wildman–Crippen MR) is 95.8 cm³/mol. The molecule has 2 heterocycles. The summed E-state index contributed by atoms with van der Waals surface area (Å²) in [4.78, 5) is 29.6. The molecule has 0 aliphatic rings. The van der Waals surface area contributed by atoms with Crippen LogP contribution < -0.4 is 10.7 Å². The Morgan fingerprint density at radius 2 is 2.08 bits per heavy atom. The van der Waals surface area contributed by atoms with Gasteiger partial charge in [-0.25, -0.2) is 9.37 Å². The number of nitrogens with zero attached hydrogens (tertiary/aromatic N) is 2. The molecule has 3 rings (SSSR count). The summed E-state index contributed by atoms with van der Waals surface area (Å²) in [7, 11) is 0.